The summed E-state index contributed by atoms with van der Waals surface area (Å²) in [6, 6.07) is 4.41. The predicted octanol–water partition coefficient (Wildman–Crippen LogP) is 3.10. The van der Waals surface area contributed by atoms with Crippen LogP contribution in [0.3, 0.4) is 0 Å². The lowest BCUT2D eigenvalue weighted by Gasteiger charge is -2.25. The van der Waals surface area contributed by atoms with Crippen molar-refractivity contribution < 1.29 is 4.79 Å². The van der Waals surface area contributed by atoms with Gasteiger partial charge < -0.3 is 14.0 Å². The van der Waals surface area contributed by atoms with Crippen LogP contribution in [-0.2, 0) is 18.4 Å². The van der Waals surface area contributed by atoms with Gasteiger partial charge in [0.05, 0.1) is 6.04 Å². The molecular formula is C18H26N4O. The Hall–Kier alpha value is -2.04. The van der Waals surface area contributed by atoms with Gasteiger partial charge in [0.1, 0.15) is 5.82 Å². The molecule has 3 rings (SSSR count). The number of amides is 1. The van der Waals surface area contributed by atoms with E-state index in [0.717, 1.165) is 25.2 Å². The first-order valence-electron chi connectivity index (χ1n) is 8.49. The number of hydrogen-bond donors (Lipinski definition) is 0. The molecule has 3 heterocycles. The van der Waals surface area contributed by atoms with E-state index in [1.165, 1.54) is 5.69 Å². The van der Waals surface area contributed by atoms with E-state index in [2.05, 4.69) is 58.2 Å². The van der Waals surface area contributed by atoms with Gasteiger partial charge in [-0.05, 0) is 25.0 Å². The van der Waals surface area contributed by atoms with Crippen LogP contribution in [0.2, 0.25) is 0 Å². The molecule has 1 amide bonds. The number of imidazole rings is 1. The topological polar surface area (TPSA) is 43.1 Å². The zero-order chi connectivity index (χ0) is 16.4. The smallest absolute Gasteiger partial charge is 0.224 e. The number of nitrogens with zero attached hydrogens (tertiary/aromatic N) is 4. The van der Waals surface area contributed by atoms with Crippen molar-refractivity contribution in [2.75, 3.05) is 6.54 Å². The summed E-state index contributed by atoms with van der Waals surface area (Å²) in [6.07, 6.45) is 8.53. The van der Waals surface area contributed by atoms with E-state index in [1.54, 1.807) is 0 Å². The summed E-state index contributed by atoms with van der Waals surface area (Å²) >= 11 is 0. The quantitative estimate of drug-likeness (QED) is 0.851. The van der Waals surface area contributed by atoms with Crippen molar-refractivity contribution in [3.05, 3.63) is 42.2 Å². The van der Waals surface area contributed by atoms with E-state index in [1.807, 2.05) is 12.4 Å². The maximum atomic E-state index is 12.7. The fourth-order valence-corrected chi connectivity index (χ4v) is 3.56. The van der Waals surface area contributed by atoms with Crippen LogP contribution in [-0.4, -0.2) is 31.5 Å². The number of aromatic nitrogens is 3. The Morgan fingerprint density at radius 1 is 1.39 bits per heavy atom. The first kappa shape index (κ1) is 15.8. The average molecular weight is 314 g/mol. The number of hydrogen-bond acceptors (Lipinski definition) is 2. The van der Waals surface area contributed by atoms with E-state index in [9.17, 15) is 4.79 Å². The van der Waals surface area contributed by atoms with E-state index in [4.69, 9.17) is 0 Å². The third-order valence-electron chi connectivity index (χ3n) is 4.73. The maximum Gasteiger partial charge on any atom is 0.224 e. The number of carbonyl (C=O) groups is 1. The Morgan fingerprint density at radius 2 is 2.22 bits per heavy atom. The summed E-state index contributed by atoms with van der Waals surface area (Å²) < 4.78 is 4.24. The summed E-state index contributed by atoms with van der Waals surface area (Å²) in [5.41, 5.74) is 1.24. The lowest BCUT2D eigenvalue weighted by Crippen LogP contribution is -2.32. The second-order valence-corrected chi connectivity index (χ2v) is 6.67. The zero-order valence-electron chi connectivity index (χ0n) is 14.3. The van der Waals surface area contributed by atoms with Crippen LogP contribution in [0.25, 0.3) is 0 Å². The van der Waals surface area contributed by atoms with Gasteiger partial charge in [-0.15, -0.1) is 0 Å². The maximum absolute atomic E-state index is 12.7. The summed E-state index contributed by atoms with van der Waals surface area (Å²) in [6.45, 7) is 5.84. The fourth-order valence-electron chi connectivity index (χ4n) is 3.56. The van der Waals surface area contributed by atoms with Gasteiger partial charge in [0.25, 0.3) is 0 Å². The predicted molar refractivity (Wildman–Crippen MR) is 90.0 cm³/mol. The second-order valence-electron chi connectivity index (χ2n) is 6.67. The molecule has 5 nitrogen and oxygen atoms in total. The monoisotopic (exact) mass is 314 g/mol. The fraction of sp³-hybridized carbons (Fsp3) is 0.556. The summed E-state index contributed by atoms with van der Waals surface area (Å²) in [5.74, 6) is 1.68. The minimum absolute atomic E-state index is 0.231. The SMILES string of the molecule is CC(C)c1nccn1CCC(=O)N1CCC[C@@H]1c1cccn1C. The van der Waals surface area contributed by atoms with Gasteiger partial charge in [-0.3, -0.25) is 4.79 Å². The number of rotatable bonds is 5. The van der Waals surface area contributed by atoms with Crippen LogP contribution in [0.5, 0.6) is 0 Å². The van der Waals surface area contributed by atoms with Crippen LogP contribution in [0.15, 0.2) is 30.7 Å². The van der Waals surface area contributed by atoms with E-state index in [-0.39, 0.29) is 11.9 Å². The van der Waals surface area contributed by atoms with Crippen molar-refractivity contribution in [2.45, 2.75) is 51.6 Å². The van der Waals surface area contributed by atoms with Crippen LogP contribution in [0.4, 0.5) is 0 Å². The van der Waals surface area contributed by atoms with E-state index in [0.29, 0.717) is 18.9 Å². The first-order valence-corrected chi connectivity index (χ1v) is 8.49. The third-order valence-corrected chi connectivity index (χ3v) is 4.73. The molecule has 1 aliphatic heterocycles. The summed E-state index contributed by atoms with van der Waals surface area (Å²) in [7, 11) is 2.05. The first-order chi connectivity index (χ1) is 11.1. The van der Waals surface area contributed by atoms with Crippen molar-refractivity contribution >= 4 is 5.91 Å². The molecule has 2 aromatic rings. The minimum atomic E-state index is 0.231. The highest BCUT2D eigenvalue weighted by atomic mass is 16.2. The lowest BCUT2D eigenvalue weighted by atomic mass is 10.1. The molecule has 0 radical (unpaired) electrons. The van der Waals surface area contributed by atoms with E-state index < -0.39 is 0 Å². The van der Waals surface area contributed by atoms with E-state index >= 15 is 0 Å². The van der Waals surface area contributed by atoms with Gasteiger partial charge in [-0.1, -0.05) is 13.8 Å². The molecule has 2 aromatic heterocycles. The highest BCUT2D eigenvalue weighted by Gasteiger charge is 2.30. The molecule has 0 unspecified atom stereocenters. The van der Waals surface area contributed by atoms with Gasteiger partial charge in [0.15, 0.2) is 0 Å². The van der Waals surface area contributed by atoms with Crippen molar-refractivity contribution in [3.63, 3.8) is 0 Å². The average Bonchev–Trinajstić information content (AvgIpc) is 3.24. The van der Waals surface area contributed by atoms with Crippen LogP contribution < -0.4 is 0 Å². The molecule has 23 heavy (non-hydrogen) atoms. The van der Waals surface area contributed by atoms with Gasteiger partial charge in [0, 0.05) is 56.8 Å². The van der Waals surface area contributed by atoms with Gasteiger partial charge in [0.2, 0.25) is 5.91 Å². The molecule has 0 N–H and O–H groups in total. The Kier molecular flexibility index (Phi) is 4.55. The summed E-state index contributed by atoms with van der Waals surface area (Å²) in [4.78, 5) is 19.2. The van der Waals surface area contributed by atoms with Crippen molar-refractivity contribution in [3.8, 4) is 0 Å². The minimum Gasteiger partial charge on any atom is -0.353 e. The number of aryl methyl sites for hydroxylation is 2. The molecule has 1 aliphatic rings. The largest absolute Gasteiger partial charge is 0.353 e. The standard InChI is InChI=1S/C18H26N4O/c1-14(2)18-19-9-13-21(18)12-8-17(23)22-11-5-7-16(22)15-6-4-10-20(15)3/h4,6,9-10,13-14,16H,5,7-8,11-12H2,1-3H3/t16-/m1/s1. The van der Waals surface area contributed by atoms with Crippen molar-refractivity contribution in [1.29, 1.82) is 0 Å². The van der Waals surface area contributed by atoms with Crippen molar-refractivity contribution in [2.24, 2.45) is 7.05 Å². The molecule has 1 atom stereocenters. The van der Waals surface area contributed by atoms with Gasteiger partial charge in [-0.2, -0.15) is 0 Å². The van der Waals surface area contributed by atoms with Crippen molar-refractivity contribution in [1.82, 2.24) is 19.0 Å². The molecule has 1 saturated heterocycles. The molecule has 124 valence electrons. The Bertz CT molecular complexity index is 670. The molecule has 0 aromatic carbocycles. The van der Waals surface area contributed by atoms with Crippen LogP contribution in [0, 0.1) is 0 Å². The molecule has 0 saturated carbocycles. The second kappa shape index (κ2) is 6.60. The lowest BCUT2D eigenvalue weighted by molar-refractivity contribution is -0.132. The Balaban J connectivity index is 1.66. The highest BCUT2D eigenvalue weighted by molar-refractivity contribution is 5.77. The number of likely N-dealkylation sites (tertiary alicyclic amines) is 1. The molecule has 0 aliphatic carbocycles. The van der Waals surface area contributed by atoms with Gasteiger partial charge in [-0.25, -0.2) is 4.98 Å². The molecule has 5 heteroatoms. The van der Waals surface area contributed by atoms with Crippen LogP contribution in [0.1, 0.15) is 56.6 Å². The van der Waals surface area contributed by atoms with Crippen LogP contribution >= 0.6 is 0 Å². The third kappa shape index (κ3) is 3.19. The molecule has 1 fully saturated rings. The molecule has 0 bridgehead atoms. The molecule has 0 spiro atoms. The normalized spacial score (nSPS) is 18.1. The molecular weight excluding hydrogens is 288 g/mol. The summed E-state index contributed by atoms with van der Waals surface area (Å²) in [5, 5.41) is 0. The Labute approximate surface area is 137 Å². The number of carbonyl (C=O) groups excluding carboxylic acids is 1. The van der Waals surface area contributed by atoms with Gasteiger partial charge >= 0.3 is 0 Å². The Morgan fingerprint density at radius 3 is 2.91 bits per heavy atom. The zero-order valence-corrected chi connectivity index (χ0v) is 14.3. The highest BCUT2D eigenvalue weighted by Crippen LogP contribution is 2.32.